The van der Waals surface area contributed by atoms with Gasteiger partial charge in [0.05, 0.1) is 21.9 Å². The molecule has 11 heteroatoms. The molecule has 1 fully saturated rings. The van der Waals surface area contributed by atoms with Crippen LogP contribution in [0.5, 0.6) is 0 Å². The summed E-state index contributed by atoms with van der Waals surface area (Å²) in [4.78, 5) is 12.2. The van der Waals surface area contributed by atoms with Gasteiger partial charge in [-0.25, -0.2) is 13.7 Å². The predicted molar refractivity (Wildman–Crippen MR) is 139 cm³/mol. The van der Waals surface area contributed by atoms with Crippen LogP contribution in [-0.2, 0) is 17.7 Å². The summed E-state index contributed by atoms with van der Waals surface area (Å²) in [6, 6.07) is 13.1. The van der Waals surface area contributed by atoms with Crippen molar-refractivity contribution in [2.45, 2.75) is 25.2 Å². The lowest BCUT2D eigenvalue weighted by molar-refractivity contribution is 0.0699. The fourth-order valence-corrected chi connectivity index (χ4v) is 5.17. The van der Waals surface area contributed by atoms with Gasteiger partial charge in [0.15, 0.2) is 0 Å². The van der Waals surface area contributed by atoms with Crippen LogP contribution < -0.4 is 4.31 Å². The summed E-state index contributed by atoms with van der Waals surface area (Å²) >= 11 is 6.49. The standard InChI is InChI=1S/C25H20BrClFN3O4S/c26-19-8-1-14(11-20(19)28)9-10-31(36(34)35)22-13-30-21(12-18(22)15-2-3-15)23(25(32)33)24(29-30)16-4-6-17(27)7-5-16/h1,4-8,11-13,15H,2-3,9-10H2,(H,32,33)(H,34,35)/p-1. The van der Waals surface area contributed by atoms with Gasteiger partial charge < -0.3 is 14.0 Å². The summed E-state index contributed by atoms with van der Waals surface area (Å²) in [5.41, 5.74) is 3.08. The number of hydrogen-bond donors (Lipinski definition) is 1. The molecule has 1 aliphatic carbocycles. The number of anilines is 1. The molecule has 0 bridgehead atoms. The Hall–Kier alpha value is -2.79. The van der Waals surface area contributed by atoms with E-state index < -0.39 is 23.1 Å². The Morgan fingerprint density at radius 2 is 1.97 bits per heavy atom. The third-order valence-corrected chi connectivity index (χ3v) is 7.80. The molecule has 7 nitrogen and oxygen atoms in total. The fraction of sp³-hybridized carbons (Fsp3) is 0.200. The number of carboxylic acids is 1. The summed E-state index contributed by atoms with van der Waals surface area (Å²) in [6.45, 7) is 0.0828. The number of halogens is 3. The molecule has 1 unspecified atom stereocenters. The number of aromatic nitrogens is 2. The second-order valence-electron chi connectivity index (χ2n) is 8.57. The van der Waals surface area contributed by atoms with Gasteiger partial charge in [0.2, 0.25) is 0 Å². The first kappa shape index (κ1) is 24.9. The van der Waals surface area contributed by atoms with Gasteiger partial charge in [0.25, 0.3) is 0 Å². The van der Waals surface area contributed by atoms with Crippen LogP contribution in [-0.4, -0.2) is 36.0 Å². The van der Waals surface area contributed by atoms with Gasteiger partial charge in [-0.15, -0.1) is 0 Å². The Bertz CT molecular complexity index is 1510. The molecule has 36 heavy (non-hydrogen) atoms. The highest BCUT2D eigenvalue weighted by molar-refractivity contribution is 9.10. The minimum atomic E-state index is -2.62. The number of fused-ring (bicyclic) bond motifs is 1. The van der Waals surface area contributed by atoms with Gasteiger partial charge >= 0.3 is 5.97 Å². The lowest BCUT2D eigenvalue weighted by atomic mass is 10.0. The van der Waals surface area contributed by atoms with Crippen molar-refractivity contribution in [2.24, 2.45) is 0 Å². The van der Waals surface area contributed by atoms with Crippen molar-refractivity contribution in [2.75, 3.05) is 10.8 Å². The van der Waals surface area contributed by atoms with E-state index in [1.54, 1.807) is 48.7 Å². The highest BCUT2D eigenvalue weighted by Crippen LogP contribution is 2.46. The van der Waals surface area contributed by atoms with Crippen molar-refractivity contribution >= 4 is 56.0 Å². The second-order valence-corrected chi connectivity index (χ2v) is 10.7. The van der Waals surface area contributed by atoms with Gasteiger partial charge in [0, 0.05) is 28.4 Å². The van der Waals surface area contributed by atoms with E-state index in [4.69, 9.17) is 11.6 Å². The van der Waals surface area contributed by atoms with E-state index in [1.807, 2.05) is 0 Å². The SMILES string of the molecule is O=C(O)c1c(-c2ccc(Cl)cc2)nn2cc(N(CCc3ccc(Br)c(F)c3)S(=O)[O-])c(C3CC3)cc12. The van der Waals surface area contributed by atoms with Gasteiger partial charge in [-0.3, -0.25) is 4.21 Å². The molecule has 1 aliphatic rings. The Morgan fingerprint density at radius 3 is 2.58 bits per heavy atom. The average molecular weight is 592 g/mol. The summed E-state index contributed by atoms with van der Waals surface area (Å²) < 4.78 is 41.6. The van der Waals surface area contributed by atoms with E-state index in [9.17, 15) is 23.1 Å². The van der Waals surface area contributed by atoms with Crippen molar-refractivity contribution < 1.29 is 23.1 Å². The number of nitrogens with zero attached hydrogens (tertiary/aromatic N) is 3. The molecule has 1 N–H and O–H groups in total. The first-order valence-corrected chi connectivity index (χ1v) is 13.3. The number of hydrogen-bond acceptors (Lipinski definition) is 4. The molecular weight excluding hydrogens is 573 g/mol. The summed E-state index contributed by atoms with van der Waals surface area (Å²) in [7, 11) is 0. The molecule has 4 aromatic rings. The number of carbonyl (C=O) groups is 1. The maximum Gasteiger partial charge on any atom is 0.340 e. The summed E-state index contributed by atoms with van der Waals surface area (Å²) in [6.07, 6.45) is 3.60. The lowest BCUT2D eigenvalue weighted by Crippen LogP contribution is -2.29. The average Bonchev–Trinajstić information content (AvgIpc) is 3.61. The largest absolute Gasteiger partial charge is 0.755 e. The molecule has 2 heterocycles. The van der Waals surface area contributed by atoms with E-state index in [-0.39, 0.29) is 30.1 Å². The monoisotopic (exact) mass is 590 g/mol. The van der Waals surface area contributed by atoms with Crippen molar-refractivity contribution in [3.05, 3.63) is 86.7 Å². The maximum atomic E-state index is 14.0. The topological polar surface area (TPSA) is 98.0 Å². The highest BCUT2D eigenvalue weighted by atomic mass is 79.9. The van der Waals surface area contributed by atoms with E-state index in [0.29, 0.717) is 31.8 Å². The molecule has 1 atom stereocenters. The van der Waals surface area contributed by atoms with Gasteiger partial charge in [-0.05, 0) is 82.6 Å². The normalized spacial score (nSPS) is 14.2. The molecule has 0 saturated heterocycles. The van der Waals surface area contributed by atoms with Crippen LogP contribution in [0.4, 0.5) is 10.1 Å². The molecule has 2 aromatic carbocycles. The second kappa shape index (κ2) is 9.93. The van der Waals surface area contributed by atoms with Crippen molar-refractivity contribution in [1.29, 1.82) is 0 Å². The zero-order chi connectivity index (χ0) is 25.6. The smallest absolute Gasteiger partial charge is 0.340 e. The van der Waals surface area contributed by atoms with E-state index >= 15 is 0 Å². The molecule has 0 spiro atoms. The number of pyridine rings is 1. The van der Waals surface area contributed by atoms with E-state index in [1.165, 1.54) is 14.9 Å². The number of carboxylic acid groups (broad SMARTS) is 1. The van der Waals surface area contributed by atoms with Crippen LogP contribution in [0.25, 0.3) is 16.8 Å². The third kappa shape index (κ3) is 4.90. The molecule has 186 valence electrons. The third-order valence-electron chi connectivity index (χ3n) is 6.16. The van der Waals surface area contributed by atoms with Crippen molar-refractivity contribution in [3.63, 3.8) is 0 Å². The fourth-order valence-electron chi connectivity index (χ4n) is 4.25. The van der Waals surface area contributed by atoms with Crippen LogP contribution in [0, 0.1) is 5.82 Å². The zero-order valence-corrected chi connectivity index (χ0v) is 21.8. The van der Waals surface area contributed by atoms with Crippen LogP contribution in [0.15, 0.2) is 59.2 Å². The van der Waals surface area contributed by atoms with Gasteiger partial charge in [-0.2, -0.15) is 5.10 Å². The summed E-state index contributed by atoms with van der Waals surface area (Å²) in [5, 5.41) is 15.0. The van der Waals surface area contributed by atoms with Crippen LogP contribution in [0.2, 0.25) is 5.02 Å². The van der Waals surface area contributed by atoms with Gasteiger partial charge in [0.1, 0.15) is 17.1 Å². The molecule has 5 rings (SSSR count). The molecule has 0 radical (unpaired) electrons. The number of rotatable bonds is 8. The molecule has 2 aromatic heterocycles. The van der Waals surface area contributed by atoms with Crippen LogP contribution in [0.1, 0.15) is 40.2 Å². The van der Waals surface area contributed by atoms with Crippen LogP contribution in [0.3, 0.4) is 0 Å². The Kier molecular flexibility index (Phi) is 6.86. The number of benzene rings is 2. The first-order valence-electron chi connectivity index (χ1n) is 11.1. The minimum Gasteiger partial charge on any atom is -0.755 e. The van der Waals surface area contributed by atoms with Crippen molar-refractivity contribution in [3.8, 4) is 11.3 Å². The lowest BCUT2D eigenvalue weighted by Gasteiger charge is -2.28. The molecule has 1 saturated carbocycles. The molecule has 0 aliphatic heterocycles. The van der Waals surface area contributed by atoms with E-state index in [0.717, 1.165) is 18.4 Å². The maximum absolute atomic E-state index is 14.0. The predicted octanol–water partition coefficient (Wildman–Crippen LogP) is 5.98. The van der Waals surface area contributed by atoms with Crippen molar-refractivity contribution in [1.82, 2.24) is 9.61 Å². The molecular formula is C25H19BrClFN3O4S-. The Balaban J connectivity index is 1.60. The Labute approximate surface area is 222 Å². The quantitative estimate of drug-likeness (QED) is 0.255. The van der Waals surface area contributed by atoms with Gasteiger partial charge in [-0.1, -0.05) is 29.8 Å². The van der Waals surface area contributed by atoms with Crippen LogP contribution >= 0.6 is 27.5 Å². The molecule has 0 amide bonds. The Morgan fingerprint density at radius 1 is 1.25 bits per heavy atom. The highest BCUT2D eigenvalue weighted by Gasteiger charge is 2.31. The zero-order valence-electron chi connectivity index (χ0n) is 18.7. The minimum absolute atomic E-state index is 0.0332. The van der Waals surface area contributed by atoms with E-state index in [2.05, 4.69) is 21.0 Å². The summed E-state index contributed by atoms with van der Waals surface area (Å²) in [5.74, 6) is -1.43. The first-order chi connectivity index (χ1) is 17.2. The number of aromatic carboxylic acids is 1.